The lowest BCUT2D eigenvalue weighted by atomic mass is 10.1. The Morgan fingerprint density at radius 1 is 1.07 bits per heavy atom. The van der Waals surface area contributed by atoms with Gasteiger partial charge in [-0.2, -0.15) is 0 Å². The summed E-state index contributed by atoms with van der Waals surface area (Å²) in [4.78, 5) is 34.3. The zero-order valence-corrected chi connectivity index (χ0v) is 16.5. The van der Waals surface area contributed by atoms with Gasteiger partial charge in [-0.25, -0.2) is 4.79 Å². The van der Waals surface area contributed by atoms with Gasteiger partial charge in [-0.15, -0.1) is 0 Å². The van der Waals surface area contributed by atoms with Gasteiger partial charge in [-0.1, -0.05) is 12.1 Å². The summed E-state index contributed by atoms with van der Waals surface area (Å²) in [5.74, 6) is -0.279. The smallest absolute Gasteiger partial charge is 0.331 e. The van der Waals surface area contributed by atoms with Gasteiger partial charge in [-0.05, 0) is 18.2 Å². The Morgan fingerprint density at radius 3 is 2.43 bits per heavy atom. The first-order valence-electron chi connectivity index (χ1n) is 8.57. The van der Waals surface area contributed by atoms with Crippen LogP contribution in [-0.2, 0) is 14.3 Å². The van der Waals surface area contributed by atoms with Crippen molar-refractivity contribution in [3.8, 4) is 17.2 Å². The molecule has 2 rings (SSSR count). The first-order chi connectivity index (χ1) is 14.4. The van der Waals surface area contributed by atoms with Gasteiger partial charge in [0.05, 0.1) is 31.9 Å². The van der Waals surface area contributed by atoms with Crippen LogP contribution in [0, 0.1) is 10.1 Å². The van der Waals surface area contributed by atoms with Gasteiger partial charge in [0, 0.05) is 23.8 Å². The number of non-ortho nitro benzene ring substituents is 1. The second-order valence-electron chi connectivity index (χ2n) is 5.71. The van der Waals surface area contributed by atoms with Crippen LogP contribution in [0.15, 0.2) is 42.5 Å². The minimum atomic E-state index is -0.763. The Labute approximate surface area is 172 Å². The highest BCUT2D eigenvalue weighted by Crippen LogP contribution is 2.31. The van der Waals surface area contributed by atoms with Crippen molar-refractivity contribution in [2.45, 2.75) is 0 Å². The van der Waals surface area contributed by atoms with Crippen LogP contribution >= 0.6 is 0 Å². The number of para-hydroxylation sites is 1. The lowest BCUT2D eigenvalue weighted by Crippen LogP contribution is -2.20. The highest BCUT2D eigenvalue weighted by molar-refractivity contribution is 5.96. The lowest BCUT2D eigenvalue weighted by Gasteiger charge is -2.10. The molecule has 1 amide bonds. The van der Waals surface area contributed by atoms with Gasteiger partial charge in [0.15, 0.2) is 18.1 Å². The number of rotatable bonds is 9. The standard InChI is InChI=1S/C20H20N2O8/c1-27-16-9-8-14(22(25)26)11-15(16)21-18(23)12-30-19(24)10-7-13-5-4-6-17(28-2)20(13)29-3/h4-11H,12H2,1-3H3,(H,21,23)/b10-7+. The van der Waals surface area contributed by atoms with E-state index in [4.69, 9.17) is 18.9 Å². The summed E-state index contributed by atoms with van der Waals surface area (Å²) in [6.07, 6.45) is 2.60. The van der Waals surface area contributed by atoms with Crippen LogP contribution < -0.4 is 19.5 Å². The van der Waals surface area contributed by atoms with Gasteiger partial charge >= 0.3 is 5.97 Å². The van der Waals surface area contributed by atoms with Crippen molar-refractivity contribution in [1.29, 1.82) is 0 Å². The summed E-state index contributed by atoms with van der Waals surface area (Å²) < 4.78 is 20.4. The molecule has 0 aromatic heterocycles. The number of ether oxygens (including phenoxy) is 4. The van der Waals surface area contributed by atoms with E-state index >= 15 is 0 Å². The zero-order chi connectivity index (χ0) is 22.1. The Bertz CT molecular complexity index is 971. The molecule has 0 atom stereocenters. The SMILES string of the molecule is COc1ccc([N+](=O)[O-])cc1NC(=O)COC(=O)/C=C/c1cccc(OC)c1OC. The summed E-state index contributed by atoms with van der Waals surface area (Å²) in [7, 11) is 4.32. The van der Waals surface area contributed by atoms with E-state index in [1.807, 2.05) is 0 Å². The molecule has 0 aliphatic heterocycles. The molecule has 0 saturated heterocycles. The fraction of sp³-hybridized carbons (Fsp3) is 0.200. The number of carbonyl (C=O) groups is 2. The Balaban J connectivity index is 1.99. The summed E-state index contributed by atoms with van der Waals surface area (Å²) in [6, 6.07) is 8.89. The highest BCUT2D eigenvalue weighted by atomic mass is 16.6. The molecule has 0 heterocycles. The largest absolute Gasteiger partial charge is 0.495 e. The van der Waals surface area contributed by atoms with E-state index in [1.54, 1.807) is 18.2 Å². The van der Waals surface area contributed by atoms with E-state index in [0.29, 0.717) is 17.1 Å². The van der Waals surface area contributed by atoms with E-state index in [-0.39, 0.29) is 17.1 Å². The number of esters is 1. The summed E-state index contributed by atoms with van der Waals surface area (Å²) >= 11 is 0. The maximum atomic E-state index is 12.1. The van der Waals surface area contributed by atoms with E-state index in [2.05, 4.69) is 5.32 Å². The number of benzene rings is 2. The van der Waals surface area contributed by atoms with E-state index in [9.17, 15) is 19.7 Å². The number of nitrogens with one attached hydrogen (secondary N) is 1. The molecule has 0 unspecified atom stereocenters. The fourth-order valence-corrected chi connectivity index (χ4v) is 2.48. The highest BCUT2D eigenvalue weighted by Gasteiger charge is 2.14. The number of nitrogens with zero attached hydrogens (tertiary/aromatic N) is 1. The van der Waals surface area contributed by atoms with Crippen LogP contribution in [0.25, 0.3) is 6.08 Å². The van der Waals surface area contributed by atoms with Crippen LogP contribution in [0.5, 0.6) is 17.2 Å². The maximum absolute atomic E-state index is 12.1. The predicted octanol–water partition coefficient (Wildman–Crippen LogP) is 2.82. The quantitative estimate of drug-likeness (QED) is 0.286. The van der Waals surface area contributed by atoms with Crippen molar-refractivity contribution in [3.63, 3.8) is 0 Å². The molecule has 30 heavy (non-hydrogen) atoms. The molecule has 1 N–H and O–H groups in total. The third-order valence-electron chi connectivity index (χ3n) is 3.85. The fourth-order valence-electron chi connectivity index (χ4n) is 2.48. The van der Waals surface area contributed by atoms with Gasteiger partial charge in [-0.3, -0.25) is 14.9 Å². The van der Waals surface area contributed by atoms with Crippen LogP contribution in [0.4, 0.5) is 11.4 Å². The Hall–Kier alpha value is -4.08. The number of amides is 1. The van der Waals surface area contributed by atoms with Crippen molar-refractivity contribution < 1.29 is 33.5 Å². The summed E-state index contributed by atoms with van der Waals surface area (Å²) in [5.41, 5.74) is 0.447. The van der Waals surface area contributed by atoms with Gasteiger partial charge < -0.3 is 24.3 Å². The van der Waals surface area contributed by atoms with Gasteiger partial charge in [0.2, 0.25) is 0 Å². The van der Waals surface area contributed by atoms with Crippen molar-refractivity contribution in [3.05, 3.63) is 58.2 Å². The molecule has 0 fully saturated rings. The van der Waals surface area contributed by atoms with E-state index in [1.165, 1.54) is 39.5 Å². The molecular weight excluding hydrogens is 396 g/mol. The normalized spacial score (nSPS) is 10.4. The monoisotopic (exact) mass is 416 g/mol. The third-order valence-corrected chi connectivity index (χ3v) is 3.85. The molecule has 0 aliphatic carbocycles. The number of nitro groups is 1. The van der Waals surface area contributed by atoms with Crippen molar-refractivity contribution in [2.24, 2.45) is 0 Å². The average molecular weight is 416 g/mol. The summed E-state index contributed by atoms with van der Waals surface area (Å²) in [6.45, 7) is -0.593. The van der Waals surface area contributed by atoms with Gasteiger partial charge in [0.25, 0.3) is 11.6 Å². The van der Waals surface area contributed by atoms with Crippen LogP contribution in [0.1, 0.15) is 5.56 Å². The van der Waals surface area contributed by atoms with E-state index < -0.39 is 23.4 Å². The molecule has 10 heteroatoms. The van der Waals surface area contributed by atoms with Crippen molar-refractivity contribution >= 4 is 29.3 Å². The predicted molar refractivity (Wildman–Crippen MR) is 108 cm³/mol. The first-order valence-corrected chi connectivity index (χ1v) is 8.57. The number of anilines is 1. The maximum Gasteiger partial charge on any atom is 0.331 e. The molecular formula is C20H20N2O8. The minimum absolute atomic E-state index is 0.0874. The number of methoxy groups -OCH3 is 3. The van der Waals surface area contributed by atoms with Gasteiger partial charge in [0.1, 0.15) is 5.75 Å². The molecule has 2 aromatic rings. The molecule has 0 aliphatic rings. The van der Waals surface area contributed by atoms with Crippen LogP contribution in [0.3, 0.4) is 0 Å². The van der Waals surface area contributed by atoms with Crippen molar-refractivity contribution in [1.82, 2.24) is 0 Å². The molecule has 0 radical (unpaired) electrons. The number of hydrogen-bond acceptors (Lipinski definition) is 8. The zero-order valence-electron chi connectivity index (χ0n) is 16.5. The molecule has 10 nitrogen and oxygen atoms in total. The molecule has 2 aromatic carbocycles. The minimum Gasteiger partial charge on any atom is -0.495 e. The average Bonchev–Trinajstić information content (AvgIpc) is 2.75. The van der Waals surface area contributed by atoms with Crippen LogP contribution in [0.2, 0.25) is 0 Å². The lowest BCUT2D eigenvalue weighted by molar-refractivity contribution is -0.384. The molecule has 158 valence electrons. The second-order valence-corrected chi connectivity index (χ2v) is 5.71. The first kappa shape index (κ1) is 22.2. The third kappa shape index (κ3) is 5.71. The number of hydrogen-bond donors (Lipinski definition) is 1. The number of nitro benzene ring substituents is 1. The van der Waals surface area contributed by atoms with Crippen LogP contribution in [-0.4, -0.2) is 44.7 Å². The number of carbonyl (C=O) groups excluding carboxylic acids is 2. The van der Waals surface area contributed by atoms with E-state index in [0.717, 1.165) is 12.1 Å². The molecule has 0 spiro atoms. The Morgan fingerprint density at radius 2 is 1.80 bits per heavy atom. The second kappa shape index (κ2) is 10.5. The summed E-state index contributed by atoms with van der Waals surface area (Å²) in [5, 5.41) is 13.3. The topological polar surface area (TPSA) is 126 Å². The molecule has 0 saturated carbocycles. The van der Waals surface area contributed by atoms with Crippen molar-refractivity contribution in [2.75, 3.05) is 33.3 Å². The molecule has 0 bridgehead atoms. The Kier molecular flexibility index (Phi) is 7.74.